The number of nitrogens with zero attached hydrogens (tertiary/aromatic N) is 1. The first-order chi connectivity index (χ1) is 9.51. The lowest BCUT2D eigenvalue weighted by atomic mass is 9.89. The zero-order valence-corrected chi connectivity index (χ0v) is 13.4. The van der Waals surface area contributed by atoms with Crippen LogP contribution in [0.2, 0.25) is 0 Å². The molecule has 0 aromatic heterocycles. The maximum Gasteiger partial charge on any atom is 0.119 e. The summed E-state index contributed by atoms with van der Waals surface area (Å²) in [5.41, 5.74) is 1.29. The summed E-state index contributed by atoms with van der Waals surface area (Å²) in [6.45, 7) is 8.07. The largest absolute Gasteiger partial charge is 0.497 e. The zero-order valence-electron chi connectivity index (χ0n) is 13.4. The minimum Gasteiger partial charge on any atom is -0.497 e. The van der Waals surface area contributed by atoms with Crippen molar-refractivity contribution in [3.63, 3.8) is 0 Å². The molecule has 112 valence electrons. The molecule has 20 heavy (non-hydrogen) atoms. The number of hydrogen-bond donors (Lipinski definition) is 1. The predicted octanol–water partition coefficient (Wildman–Crippen LogP) is 3.07. The van der Waals surface area contributed by atoms with E-state index in [0.29, 0.717) is 24.0 Å². The highest BCUT2D eigenvalue weighted by molar-refractivity contribution is 5.30. The van der Waals surface area contributed by atoms with Crippen LogP contribution in [0.3, 0.4) is 0 Å². The molecule has 1 aromatic rings. The Labute approximate surface area is 123 Å². The Morgan fingerprint density at radius 2 is 2.10 bits per heavy atom. The molecule has 4 atom stereocenters. The van der Waals surface area contributed by atoms with Gasteiger partial charge in [-0.1, -0.05) is 19.1 Å². The Bertz CT molecular complexity index is 435. The number of likely N-dealkylation sites (tertiary alicyclic amines) is 1. The van der Waals surface area contributed by atoms with Gasteiger partial charge in [-0.2, -0.15) is 0 Å². The van der Waals surface area contributed by atoms with Crippen molar-refractivity contribution in [2.75, 3.05) is 20.7 Å². The number of hydrogen-bond acceptors (Lipinski definition) is 3. The second-order valence-electron chi connectivity index (χ2n) is 6.27. The summed E-state index contributed by atoms with van der Waals surface area (Å²) < 4.78 is 5.31. The molecule has 1 aliphatic rings. The summed E-state index contributed by atoms with van der Waals surface area (Å²) >= 11 is 0. The van der Waals surface area contributed by atoms with Gasteiger partial charge in [0.05, 0.1) is 7.11 Å². The second kappa shape index (κ2) is 6.59. The van der Waals surface area contributed by atoms with Crippen molar-refractivity contribution >= 4 is 0 Å². The third-order valence-electron chi connectivity index (χ3n) is 4.67. The Balaban J connectivity index is 2.01. The van der Waals surface area contributed by atoms with E-state index in [4.69, 9.17) is 4.74 Å². The summed E-state index contributed by atoms with van der Waals surface area (Å²) in [5.74, 6) is 1.62. The first-order valence-corrected chi connectivity index (χ1v) is 7.61. The van der Waals surface area contributed by atoms with Crippen molar-refractivity contribution in [3.8, 4) is 5.75 Å². The van der Waals surface area contributed by atoms with Gasteiger partial charge in [-0.3, -0.25) is 0 Å². The number of ether oxygens (including phenoxy) is 1. The molecule has 0 spiro atoms. The van der Waals surface area contributed by atoms with Gasteiger partial charge in [0.2, 0.25) is 0 Å². The van der Waals surface area contributed by atoms with Crippen LogP contribution >= 0.6 is 0 Å². The summed E-state index contributed by atoms with van der Waals surface area (Å²) in [6, 6.07) is 9.95. The normalized spacial score (nSPS) is 29.1. The van der Waals surface area contributed by atoms with Gasteiger partial charge >= 0.3 is 0 Å². The van der Waals surface area contributed by atoms with E-state index in [-0.39, 0.29) is 0 Å². The number of benzene rings is 1. The second-order valence-corrected chi connectivity index (χ2v) is 6.27. The summed E-state index contributed by atoms with van der Waals surface area (Å²) in [6.07, 6.45) is 1.21. The van der Waals surface area contributed by atoms with Crippen LogP contribution in [-0.2, 0) is 0 Å². The monoisotopic (exact) mass is 276 g/mol. The molecule has 1 aromatic carbocycles. The van der Waals surface area contributed by atoms with E-state index in [9.17, 15) is 0 Å². The zero-order chi connectivity index (χ0) is 14.7. The van der Waals surface area contributed by atoms with E-state index < -0.39 is 0 Å². The fourth-order valence-electron chi connectivity index (χ4n) is 3.10. The van der Waals surface area contributed by atoms with E-state index >= 15 is 0 Å². The van der Waals surface area contributed by atoms with Crippen molar-refractivity contribution < 1.29 is 4.74 Å². The Hall–Kier alpha value is -1.06. The Kier molecular flexibility index (Phi) is 5.06. The smallest absolute Gasteiger partial charge is 0.119 e. The molecule has 1 saturated heterocycles. The molecule has 1 fully saturated rings. The molecule has 1 aliphatic heterocycles. The number of nitrogens with one attached hydrogen (secondary N) is 1. The fourth-order valence-corrected chi connectivity index (χ4v) is 3.10. The van der Waals surface area contributed by atoms with Crippen LogP contribution in [0.5, 0.6) is 5.75 Å². The maximum absolute atomic E-state index is 5.31. The molecule has 0 saturated carbocycles. The lowest BCUT2D eigenvalue weighted by Gasteiger charge is -2.41. The molecule has 0 radical (unpaired) electrons. The third-order valence-corrected chi connectivity index (χ3v) is 4.67. The maximum atomic E-state index is 5.31. The number of rotatable bonds is 4. The molecule has 3 heteroatoms. The topological polar surface area (TPSA) is 24.5 Å². The highest BCUT2D eigenvalue weighted by Gasteiger charge is 2.29. The summed E-state index contributed by atoms with van der Waals surface area (Å²) in [5, 5.41) is 3.80. The van der Waals surface area contributed by atoms with Gasteiger partial charge in [0.1, 0.15) is 5.75 Å². The van der Waals surface area contributed by atoms with E-state index in [1.807, 2.05) is 6.07 Å². The Morgan fingerprint density at radius 1 is 1.35 bits per heavy atom. The van der Waals surface area contributed by atoms with Crippen molar-refractivity contribution in [2.24, 2.45) is 5.92 Å². The van der Waals surface area contributed by atoms with Crippen molar-refractivity contribution in [1.29, 1.82) is 0 Å². The minimum atomic E-state index is 0.355. The molecule has 0 aliphatic carbocycles. The number of piperidine rings is 1. The van der Waals surface area contributed by atoms with Crippen LogP contribution in [0.4, 0.5) is 0 Å². The van der Waals surface area contributed by atoms with Gasteiger partial charge in [0.25, 0.3) is 0 Å². The Morgan fingerprint density at radius 3 is 2.80 bits per heavy atom. The van der Waals surface area contributed by atoms with Crippen LogP contribution in [0.15, 0.2) is 24.3 Å². The molecule has 4 unspecified atom stereocenters. The molecule has 0 bridgehead atoms. The summed E-state index contributed by atoms with van der Waals surface area (Å²) in [4.78, 5) is 2.46. The van der Waals surface area contributed by atoms with Crippen molar-refractivity contribution in [1.82, 2.24) is 10.2 Å². The van der Waals surface area contributed by atoms with Gasteiger partial charge in [0.15, 0.2) is 0 Å². The van der Waals surface area contributed by atoms with Crippen LogP contribution < -0.4 is 10.1 Å². The average Bonchev–Trinajstić information content (AvgIpc) is 2.44. The van der Waals surface area contributed by atoms with Crippen LogP contribution in [0, 0.1) is 5.92 Å². The van der Waals surface area contributed by atoms with E-state index in [0.717, 1.165) is 5.75 Å². The molecular weight excluding hydrogens is 248 g/mol. The standard InChI is InChI=1S/C17H28N2O/c1-12-11-19(4)13(2)9-17(12)18-14(3)15-7-6-8-16(10-15)20-5/h6-8,10,12-14,17-18H,9,11H2,1-5H3. The van der Waals surface area contributed by atoms with Crippen LogP contribution in [-0.4, -0.2) is 37.7 Å². The predicted molar refractivity (Wildman–Crippen MR) is 84.2 cm³/mol. The van der Waals surface area contributed by atoms with Crippen LogP contribution in [0.25, 0.3) is 0 Å². The molecule has 1 heterocycles. The van der Waals surface area contributed by atoms with Crippen molar-refractivity contribution in [2.45, 2.75) is 45.3 Å². The van der Waals surface area contributed by atoms with E-state index in [1.54, 1.807) is 7.11 Å². The molecule has 2 rings (SSSR count). The van der Waals surface area contributed by atoms with Crippen molar-refractivity contribution in [3.05, 3.63) is 29.8 Å². The lowest BCUT2D eigenvalue weighted by molar-refractivity contribution is 0.116. The quantitative estimate of drug-likeness (QED) is 0.914. The highest BCUT2D eigenvalue weighted by Crippen LogP contribution is 2.25. The third kappa shape index (κ3) is 3.53. The average molecular weight is 276 g/mol. The van der Waals surface area contributed by atoms with Gasteiger partial charge in [-0.25, -0.2) is 0 Å². The highest BCUT2D eigenvalue weighted by atomic mass is 16.5. The molecule has 3 nitrogen and oxygen atoms in total. The first-order valence-electron chi connectivity index (χ1n) is 7.61. The SMILES string of the molecule is COc1cccc(C(C)NC2CC(C)N(C)CC2C)c1. The number of methoxy groups -OCH3 is 1. The van der Waals surface area contributed by atoms with Crippen LogP contribution in [0.1, 0.15) is 38.8 Å². The van der Waals surface area contributed by atoms with E-state index in [2.05, 4.69) is 56.2 Å². The van der Waals surface area contributed by atoms with Gasteiger partial charge in [-0.15, -0.1) is 0 Å². The lowest BCUT2D eigenvalue weighted by Crippen LogP contribution is -2.51. The minimum absolute atomic E-state index is 0.355. The van der Waals surface area contributed by atoms with Gasteiger partial charge < -0.3 is 15.0 Å². The van der Waals surface area contributed by atoms with E-state index in [1.165, 1.54) is 18.5 Å². The molecule has 0 amide bonds. The fraction of sp³-hybridized carbons (Fsp3) is 0.647. The van der Waals surface area contributed by atoms with Gasteiger partial charge in [-0.05, 0) is 50.9 Å². The van der Waals surface area contributed by atoms with Gasteiger partial charge in [0, 0.05) is 24.7 Å². The first kappa shape index (κ1) is 15.3. The summed E-state index contributed by atoms with van der Waals surface area (Å²) in [7, 11) is 3.95. The molecule has 1 N–H and O–H groups in total. The molecular formula is C17H28N2O.